The number of rotatable bonds is 2. The van der Waals surface area contributed by atoms with Crippen molar-refractivity contribution in [2.24, 2.45) is 5.73 Å². The second kappa shape index (κ2) is 6.37. The molecule has 1 aromatic carbocycles. The summed E-state index contributed by atoms with van der Waals surface area (Å²) in [7, 11) is 0. The highest BCUT2D eigenvalue weighted by Crippen LogP contribution is 2.08. The average molecular weight is 261 g/mol. The molecule has 0 bridgehead atoms. The van der Waals surface area contributed by atoms with Gasteiger partial charge in [0.1, 0.15) is 22.4 Å². The molecular formula is C12H11N3O2S. The van der Waals surface area contributed by atoms with Crippen molar-refractivity contribution >= 4 is 23.3 Å². The number of para-hydroxylation sites is 1. The van der Waals surface area contributed by atoms with Crippen LogP contribution in [0.25, 0.3) is 0 Å². The largest absolute Gasteiger partial charge is 0.417 e. The standard InChI is InChI=1S/C12H11N3O2S/c1-8(14)10(7-13)11(18)15-12(16)17-9-5-3-2-4-6-9/h2-6H,14H2,1H3,(H,15,16,18). The first-order valence-electron chi connectivity index (χ1n) is 4.99. The molecule has 1 rings (SSSR count). The van der Waals surface area contributed by atoms with E-state index in [1.807, 2.05) is 6.07 Å². The summed E-state index contributed by atoms with van der Waals surface area (Å²) in [6, 6.07) is 10.3. The Morgan fingerprint density at radius 1 is 1.44 bits per heavy atom. The Kier molecular flexibility index (Phi) is 4.84. The number of benzene rings is 1. The summed E-state index contributed by atoms with van der Waals surface area (Å²) in [6.45, 7) is 1.52. The van der Waals surface area contributed by atoms with Gasteiger partial charge in [0.2, 0.25) is 0 Å². The number of ether oxygens (including phenoxy) is 1. The van der Waals surface area contributed by atoms with Crippen LogP contribution in [-0.2, 0) is 0 Å². The zero-order valence-corrected chi connectivity index (χ0v) is 10.5. The lowest BCUT2D eigenvalue weighted by Gasteiger charge is -2.07. The van der Waals surface area contributed by atoms with Gasteiger partial charge in [-0.1, -0.05) is 30.4 Å². The number of thiocarbonyl (C=S) groups is 1. The minimum Gasteiger partial charge on any atom is -0.410 e. The maximum absolute atomic E-state index is 11.5. The first-order valence-corrected chi connectivity index (χ1v) is 5.40. The first kappa shape index (κ1) is 13.7. The number of nitriles is 1. The first-order chi connectivity index (χ1) is 8.54. The second-order valence-electron chi connectivity index (χ2n) is 3.33. The number of amides is 1. The highest BCUT2D eigenvalue weighted by molar-refractivity contribution is 7.80. The fraction of sp³-hybridized carbons (Fsp3) is 0.0833. The normalized spacial score (nSPS) is 10.9. The average Bonchev–Trinajstić information content (AvgIpc) is 2.30. The van der Waals surface area contributed by atoms with E-state index in [-0.39, 0.29) is 16.3 Å². The lowest BCUT2D eigenvalue weighted by atomic mass is 10.2. The highest BCUT2D eigenvalue weighted by Gasteiger charge is 2.12. The Hall–Kier alpha value is -2.39. The predicted octanol–water partition coefficient (Wildman–Crippen LogP) is 1.86. The number of nitrogens with one attached hydrogen (secondary N) is 1. The molecule has 0 saturated carbocycles. The SMILES string of the molecule is CC(N)=C(C#N)C(=S)NC(=O)Oc1ccccc1. The van der Waals surface area contributed by atoms with Crippen molar-refractivity contribution in [3.05, 3.63) is 41.6 Å². The van der Waals surface area contributed by atoms with Crippen molar-refractivity contribution in [1.29, 1.82) is 5.26 Å². The Labute approximate surface area is 110 Å². The molecule has 92 valence electrons. The van der Waals surface area contributed by atoms with Gasteiger partial charge in [0.25, 0.3) is 0 Å². The third-order valence-corrected chi connectivity index (χ3v) is 2.21. The highest BCUT2D eigenvalue weighted by atomic mass is 32.1. The zero-order valence-electron chi connectivity index (χ0n) is 9.64. The number of nitrogens with two attached hydrogens (primary N) is 1. The van der Waals surface area contributed by atoms with Crippen molar-refractivity contribution < 1.29 is 9.53 Å². The van der Waals surface area contributed by atoms with Crippen LogP contribution < -0.4 is 15.8 Å². The summed E-state index contributed by atoms with van der Waals surface area (Å²) in [6.07, 6.45) is -0.764. The van der Waals surface area contributed by atoms with Crippen LogP contribution in [0.5, 0.6) is 5.75 Å². The fourth-order valence-corrected chi connectivity index (χ4v) is 1.38. The molecule has 3 N–H and O–H groups in total. The Morgan fingerprint density at radius 2 is 2.06 bits per heavy atom. The van der Waals surface area contributed by atoms with E-state index >= 15 is 0 Å². The molecular weight excluding hydrogens is 250 g/mol. The van der Waals surface area contributed by atoms with Crippen LogP contribution in [0.15, 0.2) is 41.6 Å². The minimum absolute atomic E-state index is 0.0509. The maximum atomic E-state index is 11.5. The number of carbonyl (C=O) groups is 1. The van der Waals surface area contributed by atoms with Crippen molar-refractivity contribution in [2.45, 2.75) is 6.92 Å². The molecule has 0 saturated heterocycles. The van der Waals surface area contributed by atoms with Crippen molar-refractivity contribution in [2.75, 3.05) is 0 Å². The maximum Gasteiger partial charge on any atom is 0.417 e. The van der Waals surface area contributed by atoms with Crippen LogP contribution in [0, 0.1) is 11.3 Å². The topological polar surface area (TPSA) is 88.1 Å². The van der Waals surface area contributed by atoms with Crippen molar-refractivity contribution in [3.63, 3.8) is 0 Å². The van der Waals surface area contributed by atoms with Crippen LogP contribution in [0.2, 0.25) is 0 Å². The monoisotopic (exact) mass is 261 g/mol. The van der Waals surface area contributed by atoms with E-state index in [4.69, 9.17) is 28.0 Å². The summed E-state index contributed by atoms with van der Waals surface area (Å²) >= 11 is 4.87. The smallest absolute Gasteiger partial charge is 0.410 e. The lowest BCUT2D eigenvalue weighted by molar-refractivity contribution is 0.206. The third-order valence-electron chi connectivity index (χ3n) is 1.90. The van der Waals surface area contributed by atoms with Gasteiger partial charge in [-0.2, -0.15) is 5.26 Å². The second-order valence-corrected chi connectivity index (χ2v) is 3.73. The Balaban J connectivity index is 2.65. The fourth-order valence-electron chi connectivity index (χ4n) is 1.09. The number of hydrogen-bond acceptors (Lipinski definition) is 5. The molecule has 0 atom stereocenters. The Bertz CT molecular complexity index is 528. The van der Waals surface area contributed by atoms with Gasteiger partial charge in [0.15, 0.2) is 0 Å². The van der Waals surface area contributed by atoms with E-state index in [1.54, 1.807) is 30.3 Å². The van der Waals surface area contributed by atoms with E-state index in [9.17, 15) is 4.79 Å². The van der Waals surface area contributed by atoms with Gasteiger partial charge in [-0.15, -0.1) is 0 Å². The van der Waals surface area contributed by atoms with Gasteiger partial charge in [-0.25, -0.2) is 4.79 Å². The number of carbonyl (C=O) groups excluding carboxylic acids is 1. The molecule has 6 heteroatoms. The molecule has 18 heavy (non-hydrogen) atoms. The number of allylic oxidation sites excluding steroid dienone is 1. The molecule has 0 heterocycles. The van der Waals surface area contributed by atoms with Gasteiger partial charge in [-0.3, -0.25) is 5.32 Å². The van der Waals surface area contributed by atoms with Crippen molar-refractivity contribution in [3.8, 4) is 11.8 Å². The molecule has 5 nitrogen and oxygen atoms in total. The molecule has 0 aliphatic rings. The Morgan fingerprint density at radius 3 is 2.56 bits per heavy atom. The van der Waals surface area contributed by atoms with Crippen LogP contribution in [-0.4, -0.2) is 11.1 Å². The third kappa shape index (κ3) is 3.88. The quantitative estimate of drug-likeness (QED) is 0.482. The van der Waals surface area contributed by atoms with Crippen LogP contribution in [0.1, 0.15) is 6.92 Å². The van der Waals surface area contributed by atoms with Gasteiger partial charge in [-0.05, 0) is 19.1 Å². The summed E-state index contributed by atoms with van der Waals surface area (Å²) in [5.74, 6) is 0.379. The molecule has 0 spiro atoms. The lowest BCUT2D eigenvalue weighted by Crippen LogP contribution is -2.33. The summed E-state index contributed by atoms with van der Waals surface area (Å²) in [5.41, 5.74) is 5.74. The predicted molar refractivity (Wildman–Crippen MR) is 70.7 cm³/mol. The van der Waals surface area contributed by atoms with E-state index in [1.165, 1.54) is 6.92 Å². The zero-order chi connectivity index (χ0) is 13.5. The molecule has 1 amide bonds. The van der Waals surface area contributed by atoms with Crippen molar-refractivity contribution in [1.82, 2.24) is 5.32 Å². The van der Waals surface area contributed by atoms with Crippen LogP contribution in [0.3, 0.4) is 0 Å². The summed E-state index contributed by atoms with van der Waals surface area (Å²) < 4.78 is 4.95. The molecule has 0 fully saturated rings. The van der Waals surface area contributed by atoms with Crippen LogP contribution >= 0.6 is 12.2 Å². The summed E-state index contributed by atoms with van der Waals surface area (Å²) in [4.78, 5) is 11.4. The van der Waals surface area contributed by atoms with E-state index < -0.39 is 6.09 Å². The van der Waals surface area contributed by atoms with Gasteiger partial charge in [0, 0.05) is 5.70 Å². The number of nitrogens with zero attached hydrogens (tertiary/aromatic N) is 1. The van der Waals surface area contributed by atoms with E-state index in [2.05, 4.69) is 5.32 Å². The molecule has 0 unspecified atom stereocenters. The van der Waals surface area contributed by atoms with Gasteiger partial charge < -0.3 is 10.5 Å². The minimum atomic E-state index is -0.764. The molecule has 0 radical (unpaired) electrons. The van der Waals surface area contributed by atoms with E-state index in [0.717, 1.165) is 0 Å². The molecule has 0 aromatic heterocycles. The van der Waals surface area contributed by atoms with E-state index in [0.29, 0.717) is 5.75 Å². The molecule has 0 aliphatic heterocycles. The van der Waals surface area contributed by atoms with Gasteiger partial charge in [0.05, 0.1) is 0 Å². The molecule has 0 aliphatic carbocycles. The van der Waals surface area contributed by atoms with Crippen LogP contribution in [0.4, 0.5) is 4.79 Å². The molecule has 1 aromatic rings. The van der Waals surface area contributed by atoms with Gasteiger partial charge >= 0.3 is 6.09 Å². The summed E-state index contributed by atoms with van der Waals surface area (Å²) in [5, 5.41) is 11.1. The number of hydrogen-bond donors (Lipinski definition) is 2.